The van der Waals surface area contributed by atoms with Crippen molar-refractivity contribution in [1.82, 2.24) is 19.5 Å². The zero-order valence-electron chi connectivity index (χ0n) is 30.5. The first-order valence-electron chi connectivity index (χ1n) is 18.3. The van der Waals surface area contributed by atoms with Gasteiger partial charge in [-0.15, -0.1) is 0 Å². The number of rotatable bonds is 8. The highest BCUT2D eigenvalue weighted by atomic mass is 79.9. The molecule has 1 unspecified atom stereocenters. The Morgan fingerprint density at radius 3 is 2.62 bits per heavy atom. The first kappa shape index (κ1) is 36.1. The molecule has 3 aliphatic rings. The van der Waals surface area contributed by atoms with Crippen molar-refractivity contribution in [3.05, 3.63) is 124 Å². The van der Waals surface area contributed by atoms with E-state index in [2.05, 4.69) is 48.7 Å². The van der Waals surface area contributed by atoms with Gasteiger partial charge in [-0.05, 0) is 89.6 Å². The molecule has 2 saturated heterocycles. The topological polar surface area (TPSA) is 110 Å². The van der Waals surface area contributed by atoms with Gasteiger partial charge in [-0.1, -0.05) is 66.2 Å². The second-order valence-corrected chi connectivity index (χ2v) is 16.2. The van der Waals surface area contributed by atoms with E-state index in [1.807, 2.05) is 86.8 Å². The Morgan fingerprint density at radius 2 is 1.82 bits per heavy atom. The summed E-state index contributed by atoms with van der Waals surface area (Å²) in [5, 5.41) is 2.15. The van der Waals surface area contributed by atoms with Gasteiger partial charge in [0.05, 0.1) is 53.9 Å². The van der Waals surface area contributed by atoms with Crippen LogP contribution in [0.3, 0.4) is 0 Å². The second-order valence-electron chi connectivity index (χ2n) is 15.0. The van der Waals surface area contributed by atoms with E-state index in [0.29, 0.717) is 22.1 Å². The molecule has 9 rings (SSSR count). The number of methoxy groups -OCH3 is 1. The predicted molar refractivity (Wildman–Crippen MR) is 211 cm³/mol. The largest absolute Gasteiger partial charge is 0.497 e. The fourth-order valence-corrected chi connectivity index (χ4v) is 9.18. The fraction of sp³-hybridized carbons (Fsp3) is 0.333. The van der Waals surface area contributed by atoms with Crippen molar-refractivity contribution in [3.63, 3.8) is 0 Å². The van der Waals surface area contributed by atoms with Gasteiger partial charge in [-0.2, -0.15) is 0 Å². The van der Waals surface area contributed by atoms with E-state index in [4.69, 9.17) is 40.3 Å². The van der Waals surface area contributed by atoms with Crippen LogP contribution in [0, 0.1) is 5.41 Å². The van der Waals surface area contributed by atoms with Gasteiger partial charge in [0.25, 0.3) is 0 Å². The van der Waals surface area contributed by atoms with Gasteiger partial charge in [-0.3, -0.25) is 4.90 Å². The molecule has 0 N–H and O–H groups in total. The number of benzene rings is 3. The molecule has 1 aliphatic carbocycles. The van der Waals surface area contributed by atoms with Crippen molar-refractivity contribution >= 4 is 61.4 Å². The van der Waals surface area contributed by atoms with Crippen LogP contribution < -0.4 is 9.64 Å². The van der Waals surface area contributed by atoms with Gasteiger partial charge in [-0.25, -0.2) is 19.7 Å². The molecule has 2 aliphatic heterocycles. The number of fused-ring (bicyclic) bond motifs is 4. The lowest BCUT2D eigenvalue weighted by atomic mass is 9.80. The fourth-order valence-electron chi connectivity index (χ4n) is 8.44. The molecule has 3 aromatic heterocycles. The summed E-state index contributed by atoms with van der Waals surface area (Å²) in [7, 11) is 1.62. The first-order chi connectivity index (χ1) is 26.6. The standard InChI is InChI=1S/C42H39BrClN5O6/c1-41(2)54-35-33(48-16-15-30-37(44)45-24-46-38(30)48)19-42(36(35)55-41)20-34(53-23-42)28-12-11-27-17-31(43)39(47-32(27)18-28)49(21-25-9-13-29(51-3)14-10-25)40(50)52-22-26-7-5-4-6-8-26/h4-18,24,33-36H,19-23H2,1-3H3/t33-,34?,35+,36+,42-/m1/s1. The van der Waals surface area contributed by atoms with E-state index in [0.717, 1.165) is 57.2 Å². The lowest BCUT2D eigenvalue weighted by Crippen LogP contribution is -2.36. The van der Waals surface area contributed by atoms with Gasteiger partial charge in [0.2, 0.25) is 0 Å². The lowest BCUT2D eigenvalue weighted by molar-refractivity contribution is -0.169. The van der Waals surface area contributed by atoms with Gasteiger partial charge in [0, 0.05) is 17.0 Å². The van der Waals surface area contributed by atoms with Crippen LogP contribution in [0.5, 0.6) is 5.75 Å². The third kappa shape index (κ3) is 6.74. The van der Waals surface area contributed by atoms with E-state index < -0.39 is 11.9 Å². The number of pyridine rings is 1. The number of carbonyl (C=O) groups is 1. The summed E-state index contributed by atoms with van der Waals surface area (Å²) in [5.41, 5.74) is 3.99. The minimum atomic E-state index is -0.745. The molecule has 1 spiro atoms. The van der Waals surface area contributed by atoms with Crippen LogP contribution in [0.25, 0.3) is 21.9 Å². The number of anilines is 1. The lowest BCUT2D eigenvalue weighted by Gasteiger charge is -2.30. The van der Waals surface area contributed by atoms with Gasteiger partial charge in [0.1, 0.15) is 35.6 Å². The molecule has 3 fully saturated rings. The molecule has 1 amide bonds. The molecule has 6 aromatic rings. The predicted octanol–water partition coefficient (Wildman–Crippen LogP) is 9.36. The molecule has 5 atom stereocenters. The van der Waals surface area contributed by atoms with Crippen LogP contribution in [0.4, 0.5) is 10.6 Å². The summed E-state index contributed by atoms with van der Waals surface area (Å²) in [5.74, 6) is 0.434. The number of hydrogen-bond donors (Lipinski definition) is 0. The average Bonchev–Trinajstić information content (AvgIpc) is 3.96. The summed E-state index contributed by atoms with van der Waals surface area (Å²) >= 11 is 10.2. The molecule has 1 saturated carbocycles. The van der Waals surface area contributed by atoms with Crippen molar-refractivity contribution in [1.29, 1.82) is 0 Å². The molecule has 5 heterocycles. The van der Waals surface area contributed by atoms with Gasteiger partial charge < -0.3 is 28.3 Å². The van der Waals surface area contributed by atoms with E-state index in [1.165, 1.54) is 6.33 Å². The molecule has 0 bridgehead atoms. The summed E-state index contributed by atoms with van der Waals surface area (Å²) in [6, 6.07) is 27.3. The average molecular weight is 825 g/mol. The highest BCUT2D eigenvalue weighted by Crippen LogP contribution is 2.60. The van der Waals surface area contributed by atoms with Crippen molar-refractivity contribution in [3.8, 4) is 5.75 Å². The molecule has 55 heavy (non-hydrogen) atoms. The van der Waals surface area contributed by atoms with E-state index in [1.54, 1.807) is 12.0 Å². The SMILES string of the molecule is COc1ccc(CN(C(=O)OCc2ccccc2)c2nc3cc(C4C[C@@]5(CO4)C[C@@H](n4ccc6c(Cl)ncnc64)[C@@H]4OC(C)(C)O[C@@H]45)ccc3cc2Br)cc1. The maximum absolute atomic E-state index is 13.9. The number of nitrogens with zero attached hydrogens (tertiary/aromatic N) is 5. The Hall–Kier alpha value is -4.59. The van der Waals surface area contributed by atoms with Crippen molar-refractivity contribution in [2.24, 2.45) is 5.41 Å². The number of ether oxygens (including phenoxy) is 5. The number of hydrogen-bond acceptors (Lipinski definition) is 9. The summed E-state index contributed by atoms with van der Waals surface area (Å²) < 4.78 is 34.0. The Labute approximate surface area is 331 Å². The molecule has 13 heteroatoms. The summed E-state index contributed by atoms with van der Waals surface area (Å²) in [4.78, 5) is 29.3. The molecule has 0 radical (unpaired) electrons. The number of aromatic nitrogens is 4. The molecular weight excluding hydrogens is 786 g/mol. The zero-order chi connectivity index (χ0) is 37.9. The summed E-state index contributed by atoms with van der Waals surface area (Å²) in [6.07, 6.45) is 3.96. The van der Waals surface area contributed by atoms with Crippen LogP contribution in [0.2, 0.25) is 5.15 Å². The zero-order valence-corrected chi connectivity index (χ0v) is 32.9. The normalized spacial score (nSPS) is 24.1. The van der Waals surface area contributed by atoms with E-state index in [-0.39, 0.29) is 42.9 Å². The second kappa shape index (κ2) is 14.2. The van der Waals surface area contributed by atoms with Crippen LogP contribution in [-0.2, 0) is 32.1 Å². The first-order valence-corrected chi connectivity index (χ1v) is 19.4. The Bertz CT molecular complexity index is 2390. The Balaban J connectivity index is 1.02. The third-order valence-electron chi connectivity index (χ3n) is 11.0. The number of carbonyl (C=O) groups excluding carboxylic acids is 1. The molecule has 3 aromatic carbocycles. The molecule has 282 valence electrons. The maximum Gasteiger partial charge on any atom is 0.416 e. The van der Waals surface area contributed by atoms with Crippen molar-refractivity contribution in [2.75, 3.05) is 18.6 Å². The van der Waals surface area contributed by atoms with Crippen LogP contribution >= 0.6 is 27.5 Å². The van der Waals surface area contributed by atoms with E-state index in [9.17, 15) is 4.79 Å². The smallest absolute Gasteiger partial charge is 0.416 e. The number of halogens is 2. The highest BCUT2D eigenvalue weighted by Gasteiger charge is 2.64. The van der Waals surface area contributed by atoms with E-state index >= 15 is 0 Å². The summed E-state index contributed by atoms with van der Waals surface area (Å²) in [6.45, 7) is 4.82. The van der Waals surface area contributed by atoms with Crippen LogP contribution in [0.15, 0.2) is 102 Å². The third-order valence-corrected chi connectivity index (χ3v) is 11.9. The quantitative estimate of drug-likeness (QED) is 0.139. The molecule has 11 nitrogen and oxygen atoms in total. The maximum atomic E-state index is 13.9. The van der Waals surface area contributed by atoms with Crippen molar-refractivity contribution in [2.45, 2.75) is 70.0 Å². The number of amides is 1. The van der Waals surface area contributed by atoms with Crippen LogP contribution in [-0.4, -0.2) is 57.3 Å². The minimum Gasteiger partial charge on any atom is -0.497 e. The minimum absolute atomic E-state index is 0.0332. The monoisotopic (exact) mass is 823 g/mol. The van der Waals surface area contributed by atoms with Crippen molar-refractivity contribution < 1.29 is 28.5 Å². The highest BCUT2D eigenvalue weighted by molar-refractivity contribution is 9.10. The van der Waals surface area contributed by atoms with Gasteiger partial charge in [0.15, 0.2) is 11.6 Å². The van der Waals surface area contributed by atoms with Gasteiger partial charge >= 0.3 is 6.09 Å². The van der Waals surface area contributed by atoms with Crippen LogP contribution in [0.1, 0.15) is 55.5 Å². The Kier molecular flexibility index (Phi) is 9.29. The molecular formula is C42H39BrClN5O6. The Morgan fingerprint density at radius 1 is 1.00 bits per heavy atom.